The van der Waals surface area contributed by atoms with Crippen LogP contribution in [0.3, 0.4) is 0 Å². The molecule has 1 aliphatic rings. The van der Waals surface area contributed by atoms with Crippen LogP contribution in [0.4, 0.5) is 5.82 Å². The summed E-state index contributed by atoms with van der Waals surface area (Å²) in [4.78, 5) is 13.5. The highest BCUT2D eigenvalue weighted by Gasteiger charge is 2.19. The molecule has 0 spiro atoms. The van der Waals surface area contributed by atoms with E-state index in [0.717, 1.165) is 55.3 Å². The first-order valence-electron chi connectivity index (χ1n) is 7.78. The molecular weight excluding hydrogens is 290 g/mol. The van der Waals surface area contributed by atoms with Gasteiger partial charge in [-0.2, -0.15) is 0 Å². The van der Waals surface area contributed by atoms with Crippen molar-refractivity contribution in [2.45, 2.75) is 25.8 Å². The van der Waals surface area contributed by atoms with Crippen LogP contribution in [0.1, 0.15) is 17.7 Å². The molecule has 0 unspecified atom stereocenters. The summed E-state index contributed by atoms with van der Waals surface area (Å²) in [5, 5.41) is 11.2. The fraction of sp³-hybridized carbons (Fsp3) is 0.312. The molecule has 3 heterocycles. The van der Waals surface area contributed by atoms with Crippen molar-refractivity contribution in [1.82, 2.24) is 29.9 Å². The summed E-state index contributed by atoms with van der Waals surface area (Å²) in [7, 11) is 0. The zero-order valence-corrected chi connectivity index (χ0v) is 12.7. The number of aromatic nitrogens is 6. The molecule has 7 nitrogen and oxygen atoms in total. The number of hydrogen-bond acceptors (Lipinski definition) is 6. The van der Waals surface area contributed by atoms with Crippen molar-refractivity contribution >= 4 is 5.82 Å². The Balaban J connectivity index is 1.59. The predicted octanol–water partition coefficient (Wildman–Crippen LogP) is 1.73. The van der Waals surface area contributed by atoms with Gasteiger partial charge in [-0.15, -0.1) is 5.10 Å². The number of aryl methyl sites for hydroxylation is 1. The monoisotopic (exact) mass is 307 g/mol. The molecule has 0 bridgehead atoms. The fourth-order valence-electron chi connectivity index (χ4n) is 2.85. The molecule has 0 saturated carbocycles. The van der Waals surface area contributed by atoms with Crippen molar-refractivity contribution < 1.29 is 0 Å². The number of hydrogen-bond donors (Lipinski definition) is 1. The molecule has 4 rings (SSSR count). The third-order valence-electron chi connectivity index (χ3n) is 3.98. The number of pyridine rings is 1. The van der Waals surface area contributed by atoms with E-state index in [-0.39, 0.29) is 0 Å². The third-order valence-corrected chi connectivity index (χ3v) is 3.98. The smallest absolute Gasteiger partial charge is 0.161 e. The van der Waals surface area contributed by atoms with Crippen LogP contribution in [0.15, 0.2) is 36.9 Å². The first kappa shape index (κ1) is 13.8. The maximum atomic E-state index is 4.74. The van der Waals surface area contributed by atoms with Crippen molar-refractivity contribution in [2.24, 2.45) is 0 Å². The highest BCUT2D eigenvalue weighted by molar-refractivity contribution is 5.60. The van der Waals surface area contributed by atoms with Crippen LogP contribution < -0.4 is 5.32 Å². The summed E-state index contributed by atoms with van der Waals surface area (Å²) in [6.45, 7) is 1.51. The van der Waals surface area contributed by atoms with Gasteiger partial charge in [-0.1, -0.05) is 5.21 Å². The molecule has 0 atom stereocenters. The Bertz CT molecular complexity index is 784. The zero-order valence-electron chi connectivity index (χ0n) is 12.7. The van der Waals surface area contributed by atoms with Crippen LogP contribution >= 0.6 is 0 Å². The second-order valence-electron chi connectivity index (χ2n) is 5.50. The van der Waals surface area contributed by atoms with Gasteiger partial charge in [0.05, 0.1) is 12.7 Å². The molecule has 0 amide bonds. The average Bonchev–Trinajstić information content (AvgIpc) is 3.26. The molecule has 23 heavy (non-hydrogen) atoms. The number of rotatable bonds is 5. The van der Waals surface area contributed by atoms with E-state index in [2.05, 4.69) is 20.6 Å². The topological polar surface area (TPSA) is 81.4 Å². The average molecular weight is 307 g/mol. The largest absolute Gasteiger partial charge is 0.368 e. The van der Waals surface area contributed by atoms with Crippen molar-refractivity contribution in [3.8, 4) is 11.4 Å². The molecule has 0 aliphatic heterocycles. The zero-order chi connectivity index (χ0) is 15.5. The van der Waals surface area contributed by atoms with Crippen molar-refractivity contribution in [2.75, 3.05) is 11.9 Å². The highest BCUT2D eigenvalue weighted by Crippen LogP contribution is 2.28. The molecule has 0 radical (unpaired) electrons. The van der Waals surface area contributed by atoms with Gasteiger partial charge in [0.25, 0.3) is 0 Å². The van der Waals surface area contributed by atoms with Crippen LogP contribution in [-0.2, 0) is 19.4 Å². The molecule has 0 fully saturated rings. The van der Waals surface area contributed by atoms with E-state index in [1.807, 2.05) is 18.3 Å². The van der Waals surface area contributed by atoms with Crippen LogP contribution in [-0.4, -0.2) is 36.5 Å². The lowest BCUT2D eigenvalue weighted by atomic mass is 10.2. The molecule has 3 aromatic rings. The van der Waals surface area contributed by atoms with Crippen LogP contribution in [0, 0.1) is 0 Å². The van der Waals surface area contributed by atoms with Crippen molar-refractivity contribution in [1.29, 1.82) is 0 Å². The Kier molecular flexibility index (Phi) is 3.67. The molecule has 1 aliphatic carbocycles. The lowest BCUT2D eigenvalue weighted by Crippen LogP contribution is -2.14. The Labute approximate surface area is 133 Å². The van der Waals surface area contributed by atoms with Gasteiger partial charge in [0.2, 0.25) is 0 Å². The van der Waals surface area contributed by atoms with E-state index in [1.165, 1.54) is 5.56 Å². The number of fused-ring (bicyclic) bond motifs is 1. The number of nitrogens with zero attached hydrogens (tertiary/aromatic N) is 6. The molecule has 0 saturated heterocycles. The fourth-order valence-corrected chi connectivity index (χ4v) is 2.85. The van der Waals surface area contributed by atoms with Gasteiger partial charge in [0, 0.05) is 42.0 Å². The maximum absolute atomic E-state index is 4.74. The predicted molar refractivity (Wildman–Crippen MR) is 85.8 cm³/mol. The van der Waals surface area contributed by atoms with Gasteiger partial charge in [-0.3, -0.25) is 9.67 Å². The summed E-state index contributed by atoms with van der Waals surface area (Å²) in [5.41, 5.74) is 3.41. The van der Waals surface area contributed by atoms with Crippen molar-refractivity contribution in [3.63, 3.8) is 0 Å². The van der Waals surface area contributed by atoms with E-state index < -0.39 is 0 Å². The van der Waals surface area contributed by atoms with Crippen molar-refractivity contribution in [3.05, 3.63) is 48.2 Å². The minimum atomic E-state index is 0.753. The minimum Gasteiger partial charge on any atom is -0.368 e. The lowest BCUT2D eigenvalue weighted by Gasteiger charge is -2.12. The first-order chi connectivity index (χ1) is 11.4. The van der Waals surface area contributed by atoms with Gasteiger partial charge in [-0.25, -0.2) is 9.97 Å². The standard InChI is InChI=1S/C16H17N7/c1-2-13-14(3-1)20-15(12-4-6-17-7-5-12)21-16(13)18-8-10-23-11-9-19-22-23/h4-7,9,11H,1-3,8,10H2,(H,18,20,21). The molecule has 1 N–H and O–H groups in total. The number of anilines is 1. The van der Waals surface area contributed by atoms with Gasteiger partial charge >= 0.3 is 0 Å². The van der Waals surface area contributed by atoms with Crippen LogP contribution in [0.2, 0.25) is 0 Å². The van der Waals surface area contributed by atoms with Crippen LogP contribution in [0.25, 0.3) is 11.4 Å². The van der Waals surface area contributed by atoms with E-state index in [9.17, 15) is 0 Å². The Morgan fingerprint density at radius 2 is 2.00 bits per heavy atom. The van der Waals surface area contributed by atoms with E-state index in [0.29, 0.717) is 0 Å². The second kappa shape index (κ2) is 6.12. The SMILES string of the molecule is c1cc(-c2nc3c(c(NCCn4ccnn4)n2)CCC3)ccn1. The van der Waals surface area contributed by atoms with E-state index in [4.69, 9.17) is 9.97 Å². The molecule has 3 aromatic heterocycles. The summed E-state index contributed by atoms with van der Waals surface area (Å²) < 4.78 is 1.80. The van der Waals surface area contributed by atoms with Gasteiger partial charge in [0.1, 0.15) is 5.82 Å². The quantitative estimate of drug-likeness (QED) is 0.773. The maximum Gasteiger partial charge on any atom is 0.161 e. The van der Waals surface area contributed by atoms with Gasteiger partial charge < -0.3 is 5.32 Å². The second-order valence-corrected chi connectivity index (χ2v) is 5.50. The normalized spacial score (nSPS) is 13.0. The Morgan fingerprint density at radius 3 is 2.83 bits per heavy atom. The minimum absolute atomic E-state index is 0.753. The lowest BCUT2D eigenvalue weighted by molar-refractivity contribution is 0.608. The molecule has 0 aromatic carbocycles. The summed E-state index contributed by atoms with van der Waals surface area (Å²) in [6.07, 6.45) is 10.3. The Hall–Kier alpha value is -2.83. The highest BCUT2D eigenvalue weighted by atomic mass is 15.4. The number of nitrogens with one attached hydrogen (secondary N) is 1. The van der Waals surface area contributed by atoms with E-state index in [1.54, 1.807) is 23.3 Å². The Morgan fingerprint density at radius 1 is 1.09 bits per heavy atom. The molecule has 7 heteroatoms. The summed E-state index contributed by atoms with van der Waals surface area (Å²) >= 11 is 0. The third kappa shape index (κ3) is 2.90. The van der Waals surface area contributed by atoms with Gasteiger partial charge in [0.15, 0.2) is 5.82 Å². The molecule has 116 valence electrons. The van der Waals surface area contributed by atoms with Gasteiger partial charge in [-0.05, 0) is 31.4 Å². The van der Waals surface area contributed by atoms with Crippen LogP contribution in [0.5, 0.6) is 0 Å². The summed E-state index contributed by atoms with van der Waals surface area (Å²) in [6, 6.07) is 3.88. The first-order valence-corrected chi connectivity index (χ1v) is 7.78. The van der Waals surface area contributed by atoms with E-state index >= 15 is 0 Å². The summed E-state index contributed by atoms with van der Waals surface area (Å²) in [5.74, 6) is 1.70. The molecular formula is C16H17N7.